The van der Waals surface area contributed by atoms with Crippen molar-refractivity contribution in [3.05, 3.63) is 0 Å². The van der Waals surface area contributed by atoms with E-state index in [0.29, 0.717) is 0 Å². The van der Waals surface area contributed by atoms with E-state index in [4.69, 9.17) is 9.66 Å². The summed E-state index contributed by atoms with van der Waals surface area (Å²) in [6.07, 6.45) is -10.2. The molecule has 1 saturated heterocycles. The lowest BCUT2D eigenvalue weighted by Crippen LogP contribution is -2.60. The van der Waals surface area contributed by atoms with E-state index in [9.17, 15) is 28.5 Å². The first-order chi connectivity index (χ1) is 7.63. The molecule has 17 heavy (non-hydrogen) atoms. The molecule has 1 fully saturated rings. The van der Waals surface area contributed by atoms with Crippen molar-refractivity contribution < 1.29 is 47.1 Å². The Balaban J connectivity index is 2.87. The topological polar surface area (TPSA) is 171 Å². The summed E-state index contributed by atoms with van der Waals surface area (Å²) in [5.74, 6) is -1.67. The first kappa shape index (κ1) is 14.2. The number of aliphatic hydroxyl groups excluding tert-OH is 3. The molecule has 0 amide bonds. The van der Waals surface area contributed by atoms with Gasteiger partial charge in [0.1, 0.15) is 12.2 Å². The summed E-state index contributed by atoms with van der Waals surface area (Å²) in [7, 11) is -5.01. The molecule has 0 bridgehead atoms. The molecule has 5 N–H and O–H groups in total. The van der Waals surface area contributed by atoms with Gasteiger partial charge in [-0.3, -0.25) is 4.55 Å². The highest BCUT2D eigenvalue weighted by molar-refractivity contribution is 7.80. The van der Waals surface area contributed by atoms with Gasteiger partial charge in [0, 0.05) is 0 Å². The Morgan fingerprint density at radius 2 is 1.71 bits per heavy atom. The van der Waals surface area contributed by atoms with E-state index in [2.05, 4.69) is 8.92 Å². The third-order valence-corrected chi connectivity index (χ3v) is 2.51. The van der Waals surface area contributed by atoms with Gasteiger partial charge >= 0.3 is 16.4 Å². The van der Waals surface area contributed by atoms with E-state index in [1.54, 1.807) is 0 Å². The lowest BCUT2D eigenvalue weighted by molar-refractivity contribution is -0.274. The van der Waals surface area contributed by atoms with E-state index in [-0.39, 0.29) is 0 Å². The number of carbonyl (C=O) groups is 1. The SMILES string of the molecule is O=C(O)[C@H]1O[C@H](O)[C@H](OS(=O)(=O)O)[C@@H](O)[C@H]1O. The summed E-state index contributed by atoms with van der Waals surface area (Å²) in [5, 5.41) is 36.3. The van der Waals surface area contributed by atoms with Gasteiger partial charge in [0.15, 0.2) is 18.5 Å². The van der Waals surface area contributed by atoms with Gasteiger partial charge in [0.25, 0.3) is 0 Å². The quantitative estimate of drug-likeness (QED) is 0.328. The first-order valence-corrected chi connectivity index (χ1v) is 5.58. The Hall–Kier alpha value is -0.820. The Bertz CT molecular complexity index is 390. The second-order valence-corrected chi connectivity index (χ2v) is 4.30. The highest BCUT2D eigenvalue weighted by Crippen LogP contribution is 2.23. The largest absolute Gasteiger partial charge is 0.479 e. The molecule has 0 spiro atoms. The van der Waals surface area contributed by atoms with Gasteiger partial charge in [-0.05, 0) is 0 Å². The standard InChI is InChI=1S/C6H10O10S/c7-1-2(8)4(16-17(12,13)14)6(11)15-3(1)5(9)10/h1-4,6-8,11H,(H,9,10)(H,12,13,14)/t1-,2+,3+,4-,6+/m1/s1. The van der Waals surface area contributed by atoms with Gasteiger partial charge in [0.2, 0.25) is 0 Å². The number of aliphatic carboxylic acids is 1. The Labute approximate surface area is 95.0 Å². The number of hydrogen-bond acceptors (Lipinski definition) is 8. The molecule has 0 aromatic carbocycles. The minimum Gasteiger partial charge on any atom is -0.479 e. The lowest BCUT2D eigenvalue weighted by atomic mass is 9.99. The van der Waals surface area contributed by atoms with Gasteiger partial charge in [-0.1, -0.05) is 0 Å². The average Bonchev–Trinajstić information content (AvgIpc) is 2.16. The number of hydrogen-bond donors (Lipinski definition) is 5. The highest BCUT2D eigenvalue weighted by atomic mass is 32.3. The maximum Gasteiger partial charge on any atom is 0.397 e. The van der Waals surface area contributed by atoms with Crippen molar-refractivity contribution in [2.45, 2.75) is 30.7 Å². The predicted molar refractivity (Wildman–Crippen MR) is 47.0 cm³/mol. The molecule has 1 aliphatic rings. The number of carboxylic acids is 1. The zero-order chi connectivity index (χ0) is 13.4. The first-order valence-electron chi connectivity index (χ1n) is 4.21. The highest BCUT2D eigenvalue weighted by Gasteiger charge is 2.49. The van der Waals surface area contributed by atoms with Gasteiger partial charge in [-0.2, -0.15) is 8.42 Å². The minimum atomic E-state index is -5.01. The average molecular weight is 274 g/mol. The summed E-state index contributed by atoms with van der Waals surface area (Å²) in [6, 6.07) is 0. The van der Waals surface area contributed by atoms with Crippen molar-refractivity contribution in [2.75, 3.05) is 0 Å². The molecular formula is C6H10O10S. The lowest BCUT2D eigenvalue weighted by Gasteiger charge is -2.37. The van der Waals surface area contributed by atoms with Gasteiger partial charge < -0.3 is 25.2 Å². The minimum absolute atomic E-state index is 1.67. The normalized spacial score (nSPS) is 38.9. The summed E-state index contributed by atoms with van der Waals surface area (Å²) in [6.45, 7) is 0. The van der Waals surface area contributed by atoms with Crippen LogP contribution in [0.4, 0.5) is 0 Å². The number of carboxylic acid groups (broad SMARTS) is 1. The van der Waals surface area contributed by atoms with Crippen LogP contribution >= 0.6 is 0 Å². The number of rotatable bonds is 3. The molecule has 0 aliphatic carbocycles. The summed E-state index contributed by atoms with van der Waals surface area (Å²) >= 11 is 0. The predicted octanol–water partition coefficient (Wildman–Crippen LogP) is -3.30. The fourth-order valence-electron chi connectivity index (χ4n) is 1.30. The van der Waals surface area contributed by atoms with Crippen molar-refractivity contribution in [3.8, 4) is 0 Å². The van der Waals surface area contributed by atoms with Crippen molar-refractivity contribution in [3.63, 3.8) is 0 Å². The van der Waals surface area contributed by atoms with Gasteiger partial charge in [0.05, 0.1) is 0 Å². The third kappa shape index (κ3) is 3.32. The van der Waals surface area contributed by atoms with Crippen LogP contribution in [-0.4, -0.2) is 70.1 Å². The molecule has 1 rings (SSSR count). The van der Waals surface area contributed by atoms with Crippen molar-refractivity contribution in [2.24, 2.45) is 0 Å². The second kappa shape index (κ2) is 4.81. The van der Waals surface area contributed by atoms with Crippen molar-refractivity contribution in [1.29, 1.82) is 0 Å². The molecule has 0 saturated carbocycles. The molecule has 100 valence electrons. The molecule has 0 aromatic rings. The molecule has 5 atom stereocenters. The van der Waals surface area contributed by atoms with E-state index < -0.39 is 47.1 Å². The van der Waals surface area contributed by atoms with Crippen LogP contribution in [0.3, 0.4) is 0 Å². The van der Waals surface area contributed by atoms with E-state index in [1.807, 2.05) is 0 Å². The van der Waals surface area contributed by atoms with Crippen LogP contribution in [0.15, 0.2) is 0 Å². The van der Waals surface area contributed by atoms with Gasteiger partial charge in [-0.15, -0.1) is 0 Å². The van der Waals surface area contributed by atoms with Crippen LogP contribution in [0.1, 0.15) is 0 Å². The van der Waals surface area contributed by atoms with Gasteiger partial charge in [-0.25, -0.2) is 8.98 Å². The Morgan fingerprint density at radius 3 is 2.12 bits per heavy atom. The summed E-state index contributed by atoms with van der Waals surface area (Å²) in [4.78, 5) is 10.5. The summed E-state index contributed by atoms with van der Waals surface area (Å²) < 4.78 is 37.3. The molecular weight excluding hydrogens is 264 g/mol. The number of ether oxygens (including phenoxy) is 1. The Morgan fingerprint density at radius 1 is 1.18 bits per heavy atom. The maximum atomic E-state index is 10.5. The van der Waals surface area contributed by atoms with Crippen molar-refractivity contribution in [1.82, 2.24) is 0 Å². The second-order valence-electron chi connectivity index (χ2n) is 3.26. The fraction of sp³-hybridized carbons (Fsp3) is 0.833. The van der Waals surface area contributed by atoms with E-state index in [1.165, 1.54) is 0 Å². The van der Waals surface area contributed by atoms with Crippen LogP contribution in [0.5, 0.6) is 0 Å². The zero-order valence-corrected chi connectivity index (χ0v) is 8.89. The molecule has 1 aliphatic heterocycles. The van der Waals surface area contributed by atoms with Crippen LogP contribution in [0.2, 0.25) is 0 Å². The number of aliphatic hydroxyl groups is 3. The van der Waals surface area contributed by atoms with Crippen LogP contribution in [0, 0.1) is 0 Å². The monoisotopic (exact) mass is 274 g/mol. The molecule has 10 nitrogen and oxygen atoms in total. The van der Waals surface area contributed by atoms with Crippen LogP contribution in [0.25, 0.3) is 0 Å². The molecule has 0 unspecified atom stereocenters. The summed E-state index contributed by atoms with van der Waals surface area (Å²) in [5.41, 5.74) is 0. The molecule has 0 radical (unpaired) electrons. The van der Waals surface area contributed by atoms with Crippen molar-refractivity contribution >= 4 is 16.4 Å². The zero-order valence-electron chi connectivity index (χ0n) is 8.07. The van der Waals surface area contributed by atoms with E-state index in [0.717, 1.165) is 0 Å². The molecule has 11 heteroatoms. The maximum absolute atomic E-state index is 10.5. The van der Waals surface area contributed by atoms with Crippen LogP contribution < -0.4 is 0 Å². The smallest absolute Gasteiger partial charge is 0.397 e. The Kier molecular flexibility index (Phi) is 4.03. The van der Waals surface area contributed by atoms with Crippen LogP contribution in [-0.2, 0) is 24.1 Å². The van der Waals surface area contributed by atoms with E-state index >= 15 is 0 Å². The molecule has 1 heterocycles. The molecule has 0 aromatic heterocycles. The third-order valence-electron chi connectivity index (χ3n) is 2.04. The fourth-order valence-corrected chi connectivity index (χ4v) is 1.79.